The molecule has 122 valence electrons. The van der Waals surface area contributed by atoms with E-state index in [0.29, 0.717) is 22.8 Å². The largest absolute Gasteiger partial charge is 0.478 e. The minimum Gasteiger partial charge on any atom is -0.478 e. The summed E-state index contributed by atoms with van der Waals surface area (Å²) in [6.07, 6.45) is 1.60. The highest BCUT2D eigenvalue weighted by Crippen LogP contribution is 2.15. The zero-order chi connectivity index (χ0) is 17.0. The highest BCUT2D eigenvalue weighted by atomic mass is 32.2. The third-order valence-corrected chi connectivity index (χ3v) is 3.92. The summed E-state index contributed by atoms with van der Waals surface area (Å²) in [6.45, 7) is 1.65. The van der Waals surface area contributed by atoms with E-state index in [-0.39, 0.29) is 18.0 Å². The SMILES string of the molecule is Cc1oc(CNC(=O)c2cccc(CS(C)=O)c2)cc1C(=O)O. The molecule has 23 heavy (non-hydrogen) atoms. The molecule has 0 fully saturated rings. The lowest BCUT2D eigenvalue weighted by atomic mass is 10.1. The van der Waals surface area contributed by atoms with Gasteiger partial charge in [0.05, 0.1) is 6.54 Å². The quantitative estimate of drug-likeness (QED) is 0.842. The number of aryl methyl sites for hydroxylation is 1. The van der Waals surface area contributed by atoms with Crippen molar-refractivity contribution in [2.75, 3.05) is 6.26 Å². The van der Waals surface area contributed by atoms with Crippen molar-refractivity contribution in [3.8, 4) is 0 Å². The molecule has 0 saturated carbocycles. The van der Waals surface area contributed by atoms with E-state index in [4.69, 9.17) is 9.52 Å². The van der Waals surface area contributed by atoms with Crippen molar-refractivity contribution < 1.29 is 23.3 Å². The van der Waals surface area contributed by atoms with Crippen LogP contribution in [-0.4, -0.2) is 27.4 Å². The molecule has 1 amide bonds. The van der Waals surface area contributed by atoms with Gasteiger partial charge in [-0.3, -0.25) is 9.00 Å². The lowest BCUT2D eigenvalue weighted by molar-refractivity contribution is 0.0694. The van der Waals surface area contributed by atoms with Crippen molar-refractivity contribution in [2.45, 2.75) is 19.2 Å². The fourth-order valence-electron chi connectivity index (χ4n) is 2.15. The molecule has 1 atom stereocenters. The van der Waals surface area contributed by atoms with E-state index in [1.165, 1.54) is 6.07 Å². The number of carbonyl (C=O) groups is 2. The van der Waals surface area contributed by atoms with E-state index in [2.05, 4.69) is 5.32 Å². The van der Waals surface area contributed by atoms with Gasteiger partial charge < -0.3 is 14.8 Å². The van der Waals surface area contributed by atoms with E-state index in [9.17, 15) is 13.8 Å². The van der Waals surface area contributed by atoms with Gasteiger partial charge in [0.1, 0.15) is 17.1 Å². The fourth-order valence-corrected chi connectivity index (χ4v) is 2.80. The predicted octanol–water partition coefficient (Wildman–Crippen LogP) is 2.09. The van der Waals surface area contributed by atoms with Crippen molar-refractivity contribution in [3.63, 3.8) is 0 Å². The molecule has 7 heteroatoms. The molecule has 1 heterocycles. The van der Waals surface area contributed by atoms with Crippen molar-refractivity contribution >= 4 is 22.7 Å². The van der Waals surface area contributed by atoms with Gasteiger partial charge in [0, 0.05) is 28.4 Å². The van der Waals surface area contributed by atoms with Crippen molar-refractivity contribution in [2.24, 2.45) is 0 Å². The Morgan fingerprint density at radius 1 is 1.30 bits per heavy atom. The Hall–Kier alpha value is -2.41. The first-order valence-electron chi connectivity index (χ1n) is 6.86. The highest BCUT2D eigenvalue weighted by molar-refractivity contribution is 7.83. The van der Waals surface area contributed by atoms with Crippen LogP contribution in [0.25, 0.3) is 0 Å². The molecule has 2 rings (SSSR count). The topological polar surface area (TPSA) is 96.6 Å². The maximum atomic E-state index is 12.1. The molecule has 1 aromatic heterocycles. The Bertz CT molecular complexity index is 766. The summed E-state index contributed by atoms with van der Waals surface area (Å²) in [7, 11) is -0.978. The van der Waals surface area contributed by atoms with Gasteiger partial charge in [0.2, 0.25) is 0 Å². The number of carbonyl (C=O) groups excluding carboxylic acids is 1. The molecule has 0 radical (unpaired) electrons. The number of amides is 1. The van der Waals surface area contributed by atoms with E-state index in [1.807, 2.05) is 6.07 Å². The number of carboxylic acid groups (broad SMARTS) is 1. The molecule has 1 unspecified atom stereocenters. The zero-order valence-electron chi connectivity index (χ0n) is 12.8. The number of aromatic carboxylic acids is 1. The van der Waals surface area contributed by atoms with Crippen LogP contribution in [0.5, 0.6) is 0 Å². The van der Waals surface area contributed by atoms with E-state index < -0.39 is 16.8 Å². The third kappa shape index (κ3) is 4.53. The number of benzene rings is 1. The normalized spacial score (nSPS) is 11.9. The van der Waals surface area contributed by atoms with E-state index >= 15 is 0 Å². The van der Waals surface area contributed by atoms with Gasteiger partial charge >= 0.3 is 5.97 Å². The number of furan rings is 1. The fraction of sp³-hybridized carbons (Fsp3) is 0.250. The number of hydrogen-bond donors (Lipinski definition) is 2. The van der Waals surface area contributed by atoms with Crippen molar-refractivity contribution in [1.29, 1.82) is 0 Å². The maximum Gasteiger partial charge on any atom is 0.339 e. The minimum atomic E-state index is -1.07. The number of rotatable bonds is 6. The average Bonchev–Trinajstić information content (AvgIpc) is 2.85. The molecule has 0 aliphatic carbocycles. The Morgan fingerprint density at radius 2 is 2.04 bits per heavy atom. The molecule has 0 aliphatic rings. The summed E-state index contributed by atoms with van der Waals surface area (Å²) in [6, 6.07) is 8.29. The Kier molecular flexibility index (Phi) is 5.33. The van der Waals surface area contributed by atoms with E-state index in [1.54, 1.807) is 31.4 Å². The first kappa shape index (κ1) is 17.0. The second-order valence-corrected chi connectivity index (χ2v) is 6.52. The molecular formula is C16H17NO5S. The van der Waals surface area contributed by atoms with Gasteiger partial charge in [-0.2, -0.15) is 0 Å². The Morgan fingerprint density at radius 3 is 2.65 bits per heavy atom. The standard InChI is InChI=1S/C16H17NO5S/c1-10-14(16(19)20)7-13(22-10)8-17-15(18)12-5-3-4-11(6-12)9-23(2)21/h3-7H,8-9H2,1-2H3,(H,17,18)(H,19,20). The number of nitrogens with one attached hydrogen (secondary N) is 1. The molecule has 0 spiro atoms. The number of carboxylic acids is 1. The van der Waals surface area contributed by atoms with Crippen molar-refractivity contribution in [3.05, 3.63) is 58.5 Å². The van der Waals surface area contributed by atoms with Crippen LogP contribution in [0.4, 0.5) is 0 Å². The monoisotopic (exact) mass is 335 g/mol. The first-order valence-corrected chi connectivity index (χ1v) is 8.59. The van der Waals surface area contributed by atoms with Crippen LogP contribution in [0, 0.1) is 6.92 Å². The molecule has 2 aromatic rings. The molecular weight excluding hydrogens is 318 g/mol. The summed E-state index contributed by atoms with van der Waals surface area (Å²) < 4.78 is 16.5. The molecule has 0 bridgehead atoms. The minimum absolute atomic E-state index is 0.0849. The van der Waals surface area contributed by atoms with Crippen LogP contribution in [-0.2, 0) is 23.1 Å². The second-order valence-electron chi connectivity index (χ2n) is 5.09. The molecule has 1 aromatic carbocycles. The van der Waals surface area contributed by atoms with Crippen LogP contribution in [0.15, 0.2) is 34.7 Å². The average molecular weight is 335 g/mol. The summed E-state index contributed by atoms with van der Waals surface area (Å²) in [5.41, 5.74) is 1.36. The Labute approximate surface area is 136 Å². The number of hydrogen-bond acceptors (Lipinski definition) is 4. The summed E-state index contributed by atoms with van der Waals surface area (Å²) in [5.74, 6) is -0.308. The zero-order valence-corrected chi connectivity index (χ0v) is 13.6. The van der Waals surface area contributed by atoms with Gasteiger partial charge in [-0.05, 0) is 30.7 Å². The van der Waals surface area contributed by atoms with Crippen LogP contribution < -0.4 is 5.32 Å². The first-order chi connectivity index (χ1) is 10.9. The third-order valence-electron chi connectivity index (χ3n) is 3.18. The summed E-state index contributed by atoms with van der Waals surface area (Å²) in [5, 5.41) is 11.6. The molecule has 6 nitrogen and oxygen atoms in total. The van der Waals surface area contributed by atoms with Gasteiger partial charge in [-0.25, -0.2) is 4.79 Å². The molecule has 0 aliphatic heterocycles. The van der Waals surface area contributed by atoms with Crippen LogP contribution in [0.1, 0.15) is 37.8 Å². The van der Waals surface area contributed by atoms with Crippen LogP contribution in [0.3, 0.4) is 0 Å². The van der Waals surface area contributed by atoms with Crippen molar-refractivity contribution in [1.82, 2.24) is 5.32 Å². The smallest absolute Gasteiger partial charge is 0.339 e. The van der Waals surface area contributed by atoms with Gasteiger partial charge in [-0.15, -0.1) is 0 Å². The summed E-state index contributed by atoms with van der Waals surface area (Å²) in [4.78, 5) is 23.1. The van der Waals surface area contributed by atoms with E-state index in [0.717, 1.165) is 5.56 Å². The maximum absolute atomic E-state index is 12.1. The second kappa shape index (κ2) is 7.23. The summed E-state index contributed by atoms with van der Waals surface area (Å²) >= 11 is 0. The van der Waals surface area contributed by atoms with Gasteiger partial charge in [0.25, 0.3) is 5.91 Å². The van der Waals surface area contributed by atoms with Crippen LogP contribution >= 0.6 is 0 Å². The molecule has 0 saturated heterocycles. The lowest BCUT2D eigenvalue weighted by Gasteiger charge is -2.05. The Balaban J connectivity index is 2.03. The molecule has 2 N–H and O–H groups in total. The van der Waals surface area contributed by atoms with Gasteiger partial charge in [0.15, 0.2) is 0 Å². The van der Waals surface area contributed by atoms with Gasteiger partial charge in [-0.1, -0.05) is 12.1 Å². The van der Waals surface area contributed by atoms with Crippen LogP contribution in [0.2, 0.25) is 0 Å². The highest BCUT2D eigenvalue weighted by Gasteiger charge is 2.14. The lowest BCUT2D eigenvalue weighted by Crippen LogP contribution is -2.22. The predicted molar refractivity (Wildman–Crippen MR) is 85.8 cm³/mol.